The van der Waals surface area contributed by atoms with Crippen LogP contribution in [0.25, 0.3) is 0 Å². The topological polar surface area (TPSA) is 69.9 Å². The van der Waals surface area contributed by atoms with Crippen molar-refractivity contribution < 1.29 is 9.59 Å². The molecule has 2 amide bonds. The third-order valence-electron chi connectivity index (χ3n) is 5.17. The molecule has 0 aromatic heterocycles. The van der Waals surface area contributed by atoms with Crippen molar-refractivity contribution >= 4 is 17.5 Å². The van der Waals surface area contributed by atoms with Crippen LogP contribution in [-0.2, 0) is 9.59 Å². The number of para-hydroxylation sites is 1. The fraction of sp³-hybridized carbons (Fsp3) is 0.579. The van der Waals surface area contributed by atoms with Gasteiger partial charge in [-0.25, -0.2) is 0 Å². The van der Waals surface area contributed by atoms with Gasteiger partial charge in [-0.05, 0) is 31.9 Å². The van der Waals surface area contributed by atoms with E-state index < -0.39 is 0 Å². The lowest BCUT2D eigenvalue weighted by Crippen LogP contribution is -2.53. The molecule has 0 bridgehead atoms. The van der Waals surface area contributed by atoms with Crippen LogP contribution in [0.1, 0.15) is 26.2 Å². The third kappa shape index (κ3) is 4.19. The highest BCUT2D eigenvalue weighted by Crippen LogP contribution is 2.25. The van der Waals surface area contributed by atoms with Crippen LogP contribution < -0.4 is 10.6 Å². The first-order valence-corrected chi connectivity index (χ1v) is 9.20. The van der Waals surface area contributed by atoms with Crippen LogP contribution in [-0.4, -0.2) is 66.4 Å². The summed E-state index contributed by atoms with van der Waals surface area (Å²) in [6, 6.07) is 9.85. The van der Waals surface area contributed by atoms with Gasteiger partial charge in [0.2, 0.25) is 11.8 Å². The summed E-state index contributed by atoms with van der Waals surface area (Å²) in [5, 5.41) is 0. The van der Waals surface area contributed by atoms with Crippen molar-refractivity contribution in [1.82, 2.24) is 9.80 Å². The number of carbonyl (C=O) groups excluding carboxylic acids is 2. The van der Waals surface area contributed by atoms with Crippen molar-refractivity contribution in [3.05, 3.63) is 30.3 Å². The van der Waals surface area contributed by atoms with Crippen LogP contribution in [0.4, 0.5) is 5.69 Å². The van der Waals surface area contributed by atoms with Crippen LogP contribution in [0.2, 0.25) is 0 Å². The summed E-state index contributed by atoms with van der Waals surface area (Å²) >= 11 is 0. The Hall–Kier alpha value is -1.92. The summed E-state index contributed by atoms with van der Waals surface area (Å²) in [6.07, 6.45) is 2.10. The molecule has 0 spiro atoms. The Bertz CT molecular complexity index is 597. The predicted octanol–water partition coefficient (Wildman–Crippen LogP) is 1.06. The molecule has 25 heavy (non-hydrogen) atoms. The first-order valence-electron chi connectivity index (χ1n) is 9.20. The summed E-state index contributed by atoms with van der Waals surface area (Å²) in [5.41, 5.74) is 6.70. The molecule has 6 heteroatoms. The number of piperazine rings is 1. The number of nitrogens with zero attached hydrogens (tertiary/aromatic N) is 3. The van der Waals surface area contributed by atoms with E-state index in [1.807, 2.05) is 47.1 Å². The Labute approximate surface area is 149 Å². The molecule has 1 aromatic rings. The second-order valence-corrected chi connectivity index (χ2v) is 7.06. The summed E-state index contributed by atoms with van der Waals surface area (Å²) in [4.78, 5) is 31.0. The van der Waals surface area contributed by atoms with Crippen molar-refractivity contribution in [2.75, 3.05) is 37.6 Å². The van der Waals surface area contributed by atoms with E-state index in [0.717, 1.165) is 38.2 Å². The summed E-state index contributed by atoms with van der Waals surface area (Å²) in [6.45, 7) is 5.63. The SMILES string of the molecule is CC(N)CCC(=O)N1CCN(C2CCN(c3ccccc3)C2=O)CC1. The van der Waals surface area contributed by atoms with E-state index in [1.54, 1.807) is 0 Å². The number of anilines is 1. The van der Waals surface area contributed by atoms with E-state index in [9.17, 15) is 9.59 Å². The van der Waals surface area contributed by atoms with Crippen molar-refractivity contribution in [3.8, 4) is 0 Å². The lowest BCUT2D eigenvalue weighted by atomic mass is 10.1. The highest BCUT2D eigenvalue weighted by molar-refractivity contribution is 5.99. The molecule has 6 nitrogen and oxygen atoms in total. The molecule has 136 valence electrons. The summed E-state index contributed by atoms with van der Waals surface area (Å²) in [5.74, 6) is 0.364. The number of carbonyl (C=O) groups is 2. The lowest BCUT2D eigenvalue weighted by molar-refractivity contribution is -0.134. The van der Waals surface area contributed by atoms with Gasteiger partial charge in [0, 0.05) is 50.9 Å². The van der Waals surface area contributed by atoms with E-state index >= 15 is 0 Å². The number of nitrogens with two attached hydrogens (primary N) is 1. The van der Waals surface area contributed by atoms with Crippen LogP contribution in [0, 0.1) is 0 Å². The minimum absolute atomic E-state index is 0.0541. The zero-order valence-corrected chi connectivity index (χ0v) is 14.9. The van der Waals surface area contributed by atoms with Gasteiger partial charge in [0.25, 0.3) is 0 Å². The Balaban J connectivity index is 1.52. The number of benzene rings is 1. The smallest absolute Gasteiger partial charge is 0.244 e. The van der Waals surface area contributed by atoms with Gasteiger partial charge in [-0.15, -0.1) is 0 Å². The normalized spacial score (nSPS) is 23.1. The quantitative estimate of drug-likeness (QED) is 0.867. The van der Waals surface area contributed by atoms with Crippen molar-refractivity contribution in [1.29, 1.82) is 0 Å². The molecule has 2 aliphatic rings. The summed E-state index contributed by atoms with van der Waals surface area (Å²) in [7, 11) is 0. The molecule has 0 saturated carbocycles. The molecule has 0 aliphatic carbocycles. The molecule has 2 atom stereocenters. The highest BCUT2D eigenvalue weighted by Gasteiger charge is 2.38. The number of hydrogen-bond acceptors (Lipinski definition) is 4. The second kappa shape index (κ2) is 7.97. The van der Waals surface area contributed by atoms with Crippen LogP contribution in [0.3, 0.4) is 0 Å². The van der Waals surface area contributed by atoms with Crippen molar-refractivity contribution in [2.24, 2.45) is 5.73 Å². The second-order valence-electron chi connectivity index (χ2n) is 7.06. The molecule has 2 aliphatic heterocycles. The van der Waals surface area contributed by atoms with Gasteiger partial charge in [-0.3, -0.25) is 14.5 Å². The van der Waals surface area contributed by atoms with Crippen molar-refractivity contribution in [2.45, 2.75) is 38.3 Å². The van der Waals surface area contributed by atoms with E-state index in [0.29, 0.717) is 19.5 Å². The maximum absolute atomic E-state index is 12.8. The van der Waals surface area contributed by atoms with Crippen LogP contribution in [0.5, 0.6) is 0 Å². The Kier molecular flexibility index (Phi) is 5.71. The monoisotopic (exact) mass is 344 g/mol. The maximum atomic E-state index is 12.8. The first kappa shape index (κ1) is 17.9. The van der Waals surface area contributed by atoms with Gasteiger partial charge < -0.3 is 15.5 Å². The Morgan fingerprint density at radius 3 is 2.48 bits per heavy atom. The molecule has 2 unspecified atom stereocenters. The molecule has 0 radical (unpaired) electrons. The molecule has 2 saturated heterocycles. The minimum Gasteiger partial charge on any atom is -0.340 e. The number of amides is 2. The standard InChI is InChI=1S/C19H28N4O2/c1-15(20)7-8-18(24)22-13-11-21(12-14-22)17-9-10-23(19(17)25)16-5-3-2-4-6-16/h2-6,15,17H,7-14,20H2,1H3. The van der Waals surface area contributed by atoms with Gasteiger partial charge in [-0.1, -0.05) is 18.2 Å². The van der Waals surface area contributed by atoms with E-state index in [4.69, 9.17) is 5.73 Å². The fourth-order valence-electron chi connectivity index (χ4n) is 3.66. The molecule has 2 N–H and O–H groups in total. The molecule has 2 heterocycles. The molecular weight excluding hydrogens is 316 g/mol. The molecule has 1 aromatic carbocycles. The van der Waals surface area contributed by atoms with Crippen LogP contribution >= 0.6 is 0 Å². The zero-order chi connectivity index (χ0) is 17.8. The Morgan fingerprint density at radius 1 is 1.16 bits per heavy atom. The minimum atomic E-state index is -0.0541. The molecule has 3 rings (SSSR count). The van der Waals surface area contributed by atoms with Gasteiger partial charge in [-0.2, -0.15) is 0 Å². The van der Waals surface area contributed by atoms with Crippen LogP contribution in [0.15, 0.2) is 30.3 Å². The van der Waals surface area contributed by atoms with Gasteiger partial charge in [0.05, 0.1) is 6.04 Å². The predicted molar refractivity (Wildman–Crippen MR) is 98.2 cm³/mol. The molecule has 2 fully saturated rings. The van der Waals surface area contributed by atoms with E-state index in [2.05, 4.69) is 4.90 Å². The molecular formula is C19H28N4O2. The van der Waals surface area contributed by atoms with E-state index in [-0.39, 0.29) is 23.9 Å². The fourth-order valence-corrected chi connectivity index (χ4v) is 3.66. The van der Waals surface area contributed by atoms with Gasteiger partial charge >= 0.3 is 0 Å². The maximum Gasteiger partial charge on any atom is 0.244 e. The highest BCUT2D eigenvalue weighted by atomic mass is 16.2. The van der Waals surface area contributed by atoms with Crippen molar-refractivity contribution in [3.63, 3.8) is 0 Å². The summed E-state index contributed by atoms with van der Waals surface area (Å²) < 4.78 is 0. The number of hydrogen-bond donors (Lipinski definition) is 1. The first-order chi connectivity index (χ1) is 12.1. The third-order valence-corrected chi connectivity index (χ3v) is 5.17. The van der Waals surface area contributed by atoms with E-state index in [1.165, 1.54) is 0 Å². The van der Waals surface area contributed by atoms with Gasteiger partial charge in [0.15, 0.2) is 0 Å². The lowest BCUT2D eigenvalue weighted by Gasteiger charge is -2.37. The average molecular weight is 344 g/mol. The zero-order valence-electron chi connectivity index (χ0n) is 14.9. The largest absolute Gasteiger partial charge is 0.340 e. The van der Waals surface area contributed by atoms with Gasteiger partial charge in [0.1, 0.15) is 0 Å². The Morgan fingerprint density at radius 2 is 1.84 bits per heavy atom. The number of rotatable bonds is 5. The average Bonchev–Trinajstić information content (AvgIpc) is 3.02.